The van der Waals surface area contributed by atoms with E-state index in [0.717, 1.165) is 0 Å². The van der Waals surface area contributed by atoms with Crippen LogP contribution in [-0.2, 0) is 4.79 Å². The fourth-order valence-electron chi connectivity index (χ4n) is 1.12. The Balaban J connectivity index is 2.90. The van der Waals surface area contributed by atoms with Crippen LogP contribution in [0.4, 0.5) is 0 Å². The first-order valence-corrected chi connectivity index (χ1v) is 3.90. The summed E-state index contributed by atoms with van der Waals surface area (Å²) in [4.78, 5) is 10.7. The average Bonchev–Trinajstić information content (AvgIpc) is 2.15. The van der Waals surface area contributed by atoms with Gasteiger partial charge in [-0.05, 0) is 5.56 Å². The highest BCUT2D eigenvalue weighted by molar-refractivity contribution is 5.76. The molecule has 0 unspecified atom stereocenters. The van der Waals surface area contributed by atoms with Gasteiger partial charge >= 0.3 is 5.97 Å². The van der Waals surface area contributed by atoms with Crippen molar-refractivity contribution in [3.8, 4) is 6.07 Å². The van der Waals surface area contributed by atoms with Gasteiger partial charge in [0.2, 0.25) is 0 Å². The predicted octanol–water partition coefficient (Wildman–Crippen LogP) is 1.77. The van der Waals surface area contributed by atoms with E-state index in [1.165, 1.54) is 0 Å². The zero-order chi connectivity index (χ0) is 9.68. The zero-order valence-electron chi connectivity index (χ0n) is 6.97. The van der Waals surface area contributed by atoms with Crippen LogP contribution in [0.2, 0.25) is 0 Å². The standard InChI is InChI=1S/C10H9NO2/c11-7-6-9(10(12)13)8-4-2-1-3-5-8/h1-5,9H,6H2,(H,12,13)/t9-/m0/s1. The number of benzene rings is 1. The second kappa shape index (κ2) is 4.27. The molecule has 0 aromatic heterocycles. The van der Waals surface area contributed by atoms with Crippen LogP contribution in [0, 0.1) is 11.3 Å². The van der Waals surface area contributed by atoms with Crippen LogP contribution in [0.15, 0.2) is 30.3 Å². The van der Waals surface area contributed by atoms with Crippen molar-refractivity contribution in [2.75, 3.05) is 0 Å². The lowest BCUT2D eigenvalue weighted by atomic mass is 9.97. The van der Waals surface area contributed by atoms with Crippen LogP contribution in [0.3, 0.4) is 0 Å². The maximum absolute atomic E-state index is 10.7. The molecular formula is C10H9NO2. The molecule has 66 valence electrons. The maximum atomic E-state index is 10.7. The van der Waals surface area contributed by atoms with Crippen molar-refractivity contribution in [3.63, 3.8) is 0 Å². The average molecular weight is 175 g/mol. The number of carbonyl (C=O) groups is 1. The van der Waals surface area contributed by atoms with Crippen molar-refractivity contribution < 1.29 is 9.90 Å². The van der Waals surface area contributed by atoms with Gasteiger partial charge in [0.25, 0.3) is 0 Å². The molecule has 3 nitrogen and oxygen atoms in total. The third-order valence-corrected chi connectivity index (χ3v) is 1.80. The molecule has 0 bridgehead atoms. The van der Waals surface area contributed by atoms with Crippen molar-refractivity contribution in [2.45, 2.75) is 12.3 Å². The van der Waals surface area contributed by atoms with E-state index in [2.05, 4.69) is 0 Å². The fourth-order valence-corrected chi connectivity index (χ4v) is 1.12. The molecule has 0 spiro atoms. The lowest BCUT2D eigenvalue weighted by Gasteiger charge is -2.07. The molecule has 1 atom stereocenters. The smallest absolute Gasteiger partial charge is 0.312 e. The third kappa shape index (κ3) is 2.31. The first kappa shape index (κ1) is 9.27. The molecule has 3 heteroatoms. The lowest BCUT2D eigenvalue weighted by molar-refractivity contribution is -0.138. The first-order valence-electron chi connectivity index (χ1n) is 3.90. The van der Waals surface area contributed by atoms with Crippen LogP contribution in [0.25, 0.3) is 0 Å². The van der Waals surface area contributed by atoms with E-state index in [-0.39, 0.29) is 6.42 Å². The number of rotatable bonds is 3. The minimum atomic E-state index is -0.951. The summed E-state index contributed by atoms with van der Waals surface area (Å²) in [6, 6.07) is 10.7. The largest absolute Gasteiger partial charge is 0.481 e. The SMILES string of the molecule is N#CC[C@H](C(=O)O)c1ccccc1. The molecule has 0 saturated carbocycles. The summed E-state index contributed by atoms with van der Waals surface area (Å²) < 4.78 is 0. The molecule has 0 amide bonds. The normalized spacial score (nSPS) is 11.6. The van der Waals surface area contributed by atoms with E-state index in [1.54, 1.807) is 24.3 Å². The molecule has 0 radical (unpaired) electrons. The van der Waals surface area contributed by atoms with E-state index in [4.69, 9.17) is 10.4 Å². The van der Waals surface area contributed by atoms with E-state index >= 15 is 0 Å². The summed E-state index contributed by atoms with van der Waals surface area (Å²) in [6.07, 6.45) is 0.0132. The summed E-state index contributed by atoms with van der Waals surface area (Å²) in [6.45, 7) is 0. The second-order valence-electron chi connectivity index (χ2n) is 2.66. The maximum Gasteiger partial charge on any atom is 0.312 e. The summed E-state index contributed by atoms with van der Waals surface area (Å²) in [7, 11) is 0. The van der Waals surface area contributed by atoms with Crippen LogP contribution in [0.5, 0.6) is 0 Å². The molecule has 1 rings (SSSR count). The van der Waals surface area contributed by atoms with Gasteiger partial charge in [-0.25, -0.2) is 0 Å². The number of nitrogens with zero attached hydrogens (tertiary/aromatic N) is 1. The topological polar surface area (TPSA) is 61.1 Å². The number of hydrogen-bond acceptors (Lipinski definition) is 2. The number of carboxylic acid groups (broad SMARTS) is 1. The van der Waals surface area contributed by atoms with Crippen LogP contribution < -0.4 is 0 Å². The van der Waals surface area contributed by atoms with Crippen LogP contribution in [-0.4, -0.2) is 11.1 Å². The Morgan fingerprint density at radius 2 is 2.08 bits per heavy atom. The van der Waals surface area contributed by atoms with Gasteiger partial charge < -0.3 is 5.11 Å². The van der Waals surface area contributed by atoms with E-state index in [0.29, 0.717) is 5.56 Å². The molecular weight excluding hydrogens is 166 g/mol. The van der Waals surface area contributed by atoms with E-state index < -0.39 is 11.9 Å². The summed E-state index contributed by atoms with van der Waals surface area (Å²) in [5, 5.41) is 17.2. The Bertz CT molecular complexity index is 327. The van der Waals surface area contributed by atoms with Gasteiger partial charge in [-0.1, -0.05) is 30.3 Å². The quantitative estimate of drug-likeness (QED) is 0.761. The predicted molar refractivity (Wildman–Crippen MR) is 47.0 cm³/mol. The van der Waals surface area contributed by atoms with Gasteiger partial charge in [0.05, 0.1) is 18.4 Å². The minimum absolute atomic E-state index is 0.0132. The number of carboxylic acids is 1. The number of aliphatic carboxylic acids is 1. The van der Waals surface area contributed by atoms with Crippen LogP contribution >= 0.6 is 0 Å². The number of hydrogen-bond donors (Lipinski definition) is 1. The molecule has 13 heavy (non-hydrogen) atoms. The highest BCUT2D eigenvalue weighted by Crippen LogP contribution is 2.18. The van der Waals surface area contributed by atoms with Gasteiger partial charge in [0.15, 0.2) is 0 Å². The molecule has 0 fully saturated rings. The molecule has 1 N–H and O–H groups in total. The van der Waals surface area contributed by atoms with E-state index in [1.807, 2.05) is 12.1 Å². The van der Waals surface area contributed by atoms with Gasteiger partial charge in [0.1, 0.15) is 0 Å². The Labute approximate surface area is 76.2 Å². The first-order chi connectivity index (χ1) is 6.25. The Morgan fingerprint density at radius 1 is 1.46 bits per heavy atom. The van der Waals surface area contributed by atoms with Gasteiger partial charge in [-0.3, -0.25) is 4.79 Å². The molecule has 0 aliphatic rings. The summed E-state index contributed by atoms with van der Waals surface area (Å²) >= 11 is 0. The molecule has 0 heterocycles. The fraction of sp³-hybridized carbons (Fsp3) is 0.200. The van der Waals surface area contributed by atoms with Gasteiger partial charge in [-0.2, -0.15) is 5.26 Å². The molecule has 1 aromatic carbocycles. The monoisotopic (exact) mass is 175 g/mol. The van der Waals surface area contributed by atoms with Crippen molar-refractivity contribution in [3.05, 3.63) is 35.9 Å². The molecule has 0 saturated heterocycles. The third-order valence-electron chi connectivity index (χ3n) is 1.80. The lowest BCUT2D eigenvalue weighted by Crippen LogP contribution is -2.10. The Morgan fingerprint density at radius 3 is 2.54 bits per heavy atom. The van der Waals surface area contributed by atoms with Crippen molar-refractivity contribution in [1.29, 1.82) is 5.26 Å². The zero-order valence-corrected chi connectivity index (χ0v) is 6.97. The molecule has 1 aromatic rings. The molecule has 0 aliphatic carbocycles. The minimum Gasteiger partial charge on any atom is -0.481 e. The van der Waals surface area contributed by atoms with Gasteiger partial charge in [0, 0.05) is 0 Å². The van der Waals surface area contributed by atoms with Crippen molar-refractivity contribution >= 4 is 5.97 Å². The summed E-state index contributed by atoms with van der Waals surface area (Å²) in [5.41, 5.74) is 0.677. The van der Waals surface area contributed by atoms with Crippen LogP contribution in [0.1, 0.15) is 17.9 Å². The second-order valence-corrected chi connectivity index (χ2v) is 2.66. The van der Waals surface area contributed by atoms with Gasteiger partial charge in [-0.15, -0.1) is 0 Å². The van der Waals surface area contributed by atoms with E-state index in [9.17, 15) is 4.79 Å². The Hall–Kier alpha value is -1.82. The Kier molecular flexibility index (Phi) is 3.04. The highest BCUT2D eigenvalue weighted by atomic mass is 16.4. The van der Waals surface area contributed by atoms with Crippen molar-refractivity contribution in [1.82, 2.24) is 0 Å². The highest BCUT2D eigenvalue weighted by Gasteiger charge is 2.18. The number of nitriles is 1. The molecule has 0 aliphatic heterocycles. The summed E-state index contributed by atoms with van der Waals surface area (Å²) in [5.74, 6) is -1.65. The van der Waals surface area contributed by atoms with Crippen molar-refractivity contribution in [2.24, 2.45) is 0 Å².